The minimum atomic E-state index is -0.906. The molecule has 0 aliphatic rings. The van der Waals surface area contributed by atoms with Gasteiger partial charge in [-0.2, -0.15) is 0 Å². The highest BCUT2D eigenvalue weighted by atomic mass is 35.5. The average molecular weight is 342 g/mol. The quantitative estimate of drug-likeness (QED) is 0.787. The Kier molecular flexibility index (Phi) is 4.96. The molecule has 0 unspecified atom stereocenters. The molecule has 0 spiro atoms. The number of thiazole rings is 1. The first-order chi connectivity index (χ1) is 9.77. The van der Waals surface area contributed by atoms with E-state index in [4.69, 9.17) is 11.6 Å². The van der Waals surface area contributed by atoms with E-state index in [-0.39, 0.29) is 5.41 Å². The van der Waals surface area contributed by atoms with Crippen LogP contribution in [0.15, 0.2) is 29.2 Å². The molecule has 0 amide bonds. The summed E-state index contributed by atoms with van der Waals surface area (Å²) in [6.07, 6.45) is 0. The lowest BCUT2D eigenvalue weighted by atomic mass is 9.91. The van der Waals surface area contributed by atoms with E-state index in [1.54, 1.807) is 11.8 Å². The summed E-state index contributed by atoms with van der Waals surface area (Å²) < 4.78 is 0. The molecule has 2 rings (SSSR count). The van der Waals surface area contributed by atoms with Gasteiger partial charge in [0.25, 0.3) is 0 Å². The van der Waals surface area contributed by atoms with E-state index in [1.165, 1.54) is 11.3 Å². The van der Waals surface area contributed by atoms with Gasteiger partial charge in [0.2, 0.25) is 0 Å². The second-order valence-electron chi connectivity index (χ2n) is 5.59. The first-order valence-electron chi connectivity index (χ1n) is 6.39. The van der Waals surface area contributed by atoms with Gasteiger partial charge in [-0.1, -0.05) is 38.4 Å². The predicted molar refractivity (Wildman–Crippen MR) is 88.8 cm³/mol. The van der Waals surface area contributed by atoms with Crippen LogP contribution in [0.3, 0.4) is 0 Å². The number of carbonyl (C=O) groups is 1. The van der Waals surface area contributed by atoms with E-state index in [2.05, 4.69) is 4.98 Å². The Bertz CT molecular complexity index is 662. The smallest absolute Gasteiger partial charge is 0.347 e. The maximum atomic E-state index is 11.3. The normalized spacial score (nSPS) is 11.6. The first kappa shape index (κ1) is 16.3. The fraction of sp³-hybridized carbons (Fsp3) is 0.333. The Morgan fingerprint density at radius 2 is 2.14 bits per heavy atom. The lowest BCUT2D eigenvalue weighted by molar-refractivity contribution is 0.0699. The summed E-state index contributed by atoms with van der Waals surface area (Å²) >= 11 is 8.81. The van der Waals surface area contributed by atoms with Crippen LogP contribution in [0.25, 0.3) is 0 Å². The Balaban J connectivity index is 2.20. The standard InChI is InChI=1S/C15H16ClNO2S2/c1-15(2,3)13-12(14(18)19)21-11(17-13)8-20-10-6-4-5-9(16)7-10/h4-7H,8H2,1-3H3,(H,18,19). The zero-order valence-electron chi connectivity index (χ0n) is 12.0. The number of nitrogens with zero attached hydrogens (tertiary/aromatic N) is 1. The van der Waals surface area contributed by atoms with Gasteiger partial charge in [0.1, 0.15) is 9.88 Å². The molecule has 0 fully saturated rings. The van der Waals surface area contributed by atoms with Gasteiger partial charge in [0, 0.05) is 15.3 Å². The average Bonchev–Trinajstić information content (AvgIpc) is 2.81. The Hall–Kier alpha value is -1.04. The number of hydrogen-bond donors (Lipinski definition) is 1. The zero-order valence-corrected chi connectivity index (χ0v) is 14.4. The number of benzene rings is 1. The van der Waals surface area contributed by atoms with Crippen LogP contribution >= 0.6 is 34.7 Å². The number of rotatable bonds is 4. The monoisotopic (exact) mass is 341 g/mol. The van der Waals surface area contributed by atoms with Crippen molar-refractivity contribution in [2.24, 2.45) is 0 Å². The summed E-state index contributed by atoms with van der Waals surface area (Å²) in [6, 6.07) is 7.60. The molecule has 1 aromatic carbocycles. The molecule has 0 radical (unpaired) electrons. The number of aromatic nitrogens is 1. The molecule has 2 aromatic rings. The summed E-state index contributed by atoms with van der Waals surface area (Å²) in [5.74, 6) is -0.266. The Labute approximate surface area is 137 Å². The van der Waals surface area contributed by atoms with E-state index in [1.807, 2.05) is 45.0 Å². The van der Waals surface area contributed by atoms with Crippen LogP contribution in [0.4, 0.5) is 0 Å². The molecule has 0 saturated heterocycles. The van der Waals surface area contributed by atoms with Gasteiger partial charge >= 0.3 is 5.97 Å². The lowest BCUT2D eigenvalue weighted by Crippen LogP contribution is -2.16. The number of carboxylic acid groups (broad SMARTS) is 1. The second-order valence-corrected chi connectivity index (χ2v) is 8.16. The van der Waals surface area contributed by atoms with Gasteiger partial charge in [-0.05, 0) is 18.2 Å². The molecule has 0 saturated carbocycles. The molecule has 3 nitrogen and oxygen atoms in total. The molecule has 0 aliphatic carbocycles. The van der Waals surface area contributed by atoms with E-state index in [0.29, 0.717) is 21.3 Å². The van der Waals surface area contributed by atoms with E-state index >= 15 is 0 Å². The van der Waals surface area contributed by atoms with Crippen LogP contribution in [0.1, 0.15) is 41.1 Å². The van der Waals surface area contributed by atoms with Gasteiger partial charge in [-0.25, -0.2) is 9.78 Å². The molecule has 1 N–H and O–H groups in total. The molecule has 1 aromatic heterocycles. The van der Waals surface area contributed by atoms with Crippen LogP contribution in [-0.4, -0.2) is 16.1 Å². The van der Waals surface area contributed by atoms with Gasteiger partial charge in [0.05, 0.1) is 11.4 Å². The SMILES string of the molecule is CC(C)(C)c1nc(CSc2cccc(Cl)c2)sc1C(=O)O. The number of hydrogen-bond acceptors (Lipinski definition) is 4. The maximum Gasteiger partial charge on any atom is 0.347 e. The Morgan fingerprint density at radius 3 is 2.67 bits per heavy atom. The zero-order chi connectivity index (χ0) is 15.6. The molecule has 0 aliphatic heterocycles. The minimum Gasteiger partial charge on any atom is -0.477 e. The van der Waals surface area contributed by atoms with Gasteiger partial charge in [-0.3, -0.25) is 0 Å². The van der Waals surface area contributed by atoms with Crippen molar-refractivity contribution in [3.8, 4) is 0 Å². The molecular weight excluding hydrogens is 326 g/mol. The maximum absolute atomic E-state index is 11.3. The number of carboxylic acids is 1. The van der Waals surface area contributed by atoms with Crippen molar-refractivity contribution >= 4 is 40.7 Å². The van der Waals surface area contributed by atoms with Gasteiger partial charge in [-0.15, -0.1) is 23.1 Å². The van der Waals surface area contributed by atoms with Crippen LogP contribution in [0.2, 0.25) is 5.02 Å². The molecule has 1 heterocycles. The van der Waals surface area contributed by atoms with E-state index in [9.17, 15) is 9.90 Å². The second kappa shape index (κ2) is 6.38. The van der Waals surface area contributed by atoms with Crippen molar-refractivity contribution in [1.82, 2.24) is 4.98 Å². The number of aromatic carboxylic acids is 1. The third kappa shape index (κ3) is 4.22. The molecule has 21 heavy (non-hydrogen) atoms. The third-order valence-corrected chi connectivity index (χ3v) is 5.20. The highest BCUT2D eigenvalue weighted by molar-refractivity contribution is 7.98. The fourth-order valence-electron chi connectivity index (χ4n) is 1.78. The summed E-state index contributed by atoms with van der Waals surface area (Å²) in [6.45, 7) is 5.92. The summed E-state index contributed by atoms with van der Waals surface area (Å²) in [4.78, 5) is 17.3. The van der Waals surface area contributed by atoms with E-state index < -0.39 is 5.97 Å². The van der Waals surface area contributed by atoms with Crippen molar-refractivity contribution in [2.45, 2.75) is 36.8 Å². The lowest BCUT2D eigenvalue weighted by Gasteiger charge is -2.16. The summed E-state index contributed by atoms with van der Waals surface area (Å²) in [5.41, 5.74) is 0.380. The number of thioether (sulfide) groups is 1. The van der Waals surface area contributed by atoms with E-state index in [0.717, 1.165) is 9.90 Å². The van der Waals surface area contributed by atoms with Crippen LogP contribution in [-0.2, 0) is 11.2 Å². The highest BCUT2D eigenvalue weighted by Crippen LogP contribution is 2.33. The molecular formula is C15H16ClNO2S2. The molecule has 112 valence electrons. The largest absolute Gasteiger partial charge is 0.477 e. The molecule has 6 heteroatoms. The van der Waals surface area contributed by atoms with Crippen LogP contribution in [0.5, 0.6) is 0 Å². The fourth-order valence-corrected chi connectivity index (χ4v) is 4.10. The van der Waals surface area contributed by atoms with Crippen molar-refractivity contribution in [3.05, 3.63) is 44.9 Å². The van der Waals surface area contributed by atoms with Crippen molar-refractivity contribution in [3.63, 3.8) is 0 Å². The van der Waals surface area contributed by atoms with Crippen molar-refractivity contribution in [2.75, 3.05) is 0 Å². The summed E-state index contributed by atoms with van der Waals surface area (Å²) in [5, 5.41) is 10.8. The predicted octanol–water partition coefficient (Wildman–Crippen LogP) is 5.08. The van der Waals surface area contributed by atoms with Gasteiger partial charge in [0.15, 0.2) is 0 Å². The first-order valence-corrected chi connectivity index (χ1v) is 8.57. The Morgan fingerprint density at radius 1 is 1.43 bits per heavy atom. The van der Waals surface area contributed by atoms with Gasteiger partial charge < -0.3 is 5.11 Å². The number of halogens is 1. The topological polar surface area (TPSA) is 50.2 Å². The van der Waals surface area contributed by atoms with Crippen molar-refractivity contribution < 1.29 is 9.90 Å². The minimum absolute atomic E-state index is 0.275. The molecule has 0 atom stereocenters. The van der Waals surface area contributed by atoms with Crippen LogP contribution in [0, 0.1) is 0 Å². The van der Waals surface area contributed by atoms with Crippen molar-refractivity contribution in [1.29, 1.82) is 0 Å². The molecule has 0 bridgehead atoms. The summed E-state index contributed by atoms with van der Waals surface area (Å²) in [7, 11) is 0. The van der Waals surface area contributed by atoms with Crippen LogP contribution < -0.4 is 0 Å². The third-order valence-electron chi connectivity index (χ3n) is 2.73. The highest BCUT2D eigenvalue weighted by Gasteiger charge is 2.26.